The van der Waals surface area contributed by atoms with Crippen molar-refractivity contribution in [2.24, 2.45) is 11.7 Å². The highest BCUT2D eigenvalue weighted by Gasteiger charge is 2.27. The molecule has 18 heavy (non-hydrogen) atoms. The first-order chi connectivity index (χ1) is 8.79. The average Bonchev–Trinajstić information content (AvgIpc) is 2.85. The van der Waals surface area contributed by atoms with Crippen molar-refractivity contribution in [3.8, 4) is 0 Å². The molecule has 0 spiro atoms. The van der Waals surface area contributed by atoms with Crippen LogP contribution in [0.25, 0.3) is 0 Å². The first-order valence-corrected chi connectivity index (χ1v) is 6.46. The van der Waals surface area contributed by atoms with E-state index in [2.05, 4.69) is 5.32 Å². The van der Waals surface area contributed by atoms with Gasteiger partial charge in [-0.15, -0.1) is 0 Å². The summed E-state index contributed by atoms with van der Waals surface area (Å²) in [5.74, 6) is 0.304. The molecule has 2 unspecified atom stereocenters. The standard InChI is InChI=1S/C14H20N2O2/c15-9-11-5-4-8-13(11)18-10-14(17)16-12-6-2-1-3-7-12/h1-3,6-7,11,13H,4-5,8-10,15H2,(H,16,17). The Morgan fingerprint density at radius 1 is 1.33 bits per heavy atom. The molecule has 1 aliphatic carbocycles. The SMILES string of the molecule is NCC1CCCC1OCC(=O)Nc1ccccc1. The van der Waals surface area contributed by atoms with E-state index < -0.39 is 0 Å². The minimum atomic E-state index is -0.108. The molecule has 0 aliphatic heterocycles. The number of anilines is 1. The van der Waals surface area contributed by atoms with Gasteiger partial charge in [0.1, 0.15) is 6.61 Å². The Morgan fingerprint density at radius 2 is 2.11 bits per heavy atom. The number of rotatable bonds is 5. The maximum absolute atomic E-state index is 11.7. The van der Waals surface area contributed by atoms with Crippen LogP contribution < -0.4 is 11.1 Å². The topological polar surface area (TPSA) is 64.3 Å². The quantitative estimate of drug-likeness (QED) is 0.834. The van der Waals surface area contributed by atoms with Crippen molar-refractivity contribution in [2.45, 2.75) is 25.4 Å². The highest BCUT2D eigenvalue weighted by Crippen LogP contribution is 2.27. The third kappa shape index (κ3) is 3.55. The molecule has 0 saturated heterocycles. The summed E-state index contributed by atoms with van der Waals surface area (Å²) in [4.78, 5) is 11.7. The molecule has 3 N–H and O–H groups in total. The van der Waals surface area contributed by atoms with Gasteiger partial charge in [0.15, 0.2) is 0 Å². The van der Waals surface area contributed by atoms with Gasteiger partial charge < -0.3 is 15.8 Å². The summed E-state index contributed by atoms with van der Waals surface area (Å²) in [6.07, 6.45) is 3.42. The fraction of sp³-hybridized carbons (Fsp3) is 0.500. The van der Waals surface area contributed by atoms with Gasteiger partial charge in [-0.3, -0.25) is 4.79 Å². The van der Waals surface area contributed by atoms with Crippen molar-refractivity contribution >= 4 is 11.6 Å². The van der Waals surface area contributed by atoms with Crippen LogP contribution in [0.2, 0.25) is 0 Å². The van der Waals surface area contributed by atoms with Crippen molar-refractivity contribution in [3.63, 3.8) is 0 Å². The van der Waals surface area contributed by atoms with E-state index in [1.807, 2.05) is 30.3 Å². The number of carbonyl (C=O) groups is 1. The van der Waals surface area contributed by atoms with Crippen LogP contribution >= 0.6 is 0 Å². The van der Waals surface area contributed by atoms with Crippen LogP contribution in [0.15, 0.2) is 30.3 Å². The molecule has 0 bridgehead atoms. The van der Waals surface area contributed by atoms with Crippen LogP contribution in [0.3, 0.4) is 0 Å². The molecule has 1 saturated carbocycles. The monoisotopic (exact) mass is 248 g/mol. The smallest absolute Gasteiger partial charge is 0.250 e. The molecule has 4 nitrogen and oxygen atoms in total. The second kappa shape index (κ2) is 6.52. The summed E-state index contributed by atoms with van der Waals surface area (Å²) >= 11 is 0. The molecular formula is C14H20N2O2. The van der Waals surface area contributed by atoms with E-state index in [4.69, 9.17) is 10.5 Å². The number of nitrogens with one attached hydrogen (secondary N) is 1. The van der Waals surface area contributed by atoms with Crippen LogP contribution in [0.1, 0.15) is 19.3 Å². The van der Waals surface area contributed by atoms with E-state index in [0.717, 1.165) is 24.9 Å². The van der Waals surface area contributed by atoms with Crippen LogP contribution in [-0.4, -0.2) is 25.2 Å². The zero-order chi connectivity index (χ0) is 12.8. The molecule has 2 atom stereocenters. The Balaban J connectivity index is 1.75. The molecular weight excluding hydrogens is 228 g/mol. The Kier molecular flexibility index (Phi) is 4.73. The van der Waals surface area contributed by atoms with Crippen molar-refractivity contribution in [1.82, 2.24) is 0 Å². The van der Waals surface area contributed by atoms with Gasteiger partial charge in [0.25, 0.3) is 0 Å². The zero-order valence-corrected chi connectivity index (χ0v) is 10.5. The Labute approximate surface area is 108 Å². The number of nitrogens with two attached hydrogens (primary N) is 1. The zero-order valence-electron chi connectivity index (χ0n) is 10.5. The van der Waals surface area contributed by atoms with Crippen molar-refractivity contribution in [1.29, 1.82) is 0 Å². The number of carbonyl (C=O) groups excluding carboxylic acids is 1. The van der Waals surface area contributed by atoms with Crippen LogP contribution in [0.4, 0.5) is 5.69 Å². The van der Waals surface area contributed by atoms with Gasteiger partial charge in [0.05, 0.1) is 6.10 Å². The maximum Gasteiger partial charge on any atom is 0.250 e. The number of hydrogen-bond acceptors (Lipinski definition) is 3. The van der Waals surface area contributed by atoms with Gasteiger partial charge in [0, 0.05) is 5.69 Å². The molecule has 1 amide bonds. The third-order valence-electron chi connectivity index (χ3n) is 3.38. The lowest BCUT2D eigenvalue weighted by Crippen LogP contribution is -2.29. The molecule has 0 radical (unpaired) electrons. The van der Waals surface area contributed by atoms with Crippen molar-refractivity contribution in [3.05, 3.63) is 30.3 Å². The van der Waals surface area contributed by atoms with E-state index in [0.29, 0.717) is 12.5 Å². The fourth-order valence-corrected chi connectivity index (χ4v) is 2.39. The predicted molar refractivity (Wildman–Crippen MR) is 71.2 cm³/mol. The lowest BCUT2D eigenvalue weighted by molar-refractivity contribution is -0.123. The van der Waals surface area contributed by atoms with Gasteiger partial charge in [-0.25, -0.2) is 0 Å². The molecule has 1 aliphatic rings. The second-order valence-electron chi connectivity index (χ2n) is 4.69. The highest BCUT2D eigenvalue weighted by molar-refractivity contribution is 5.91. The minimum absolute atomic E-state index is 0.107. The molecule has 98 valence electrons. The molecule has 2 rings (SSSR count). The molecule has 1 fully saturated rings. The van der Waals surface area contributed by atoms with Crippen molar-refractivity contribution in [2.75, 3.05) is 18.5 Å². The summed E-state index contributed by atoms with van der Waals surface area (Å²) in [5.41, 5.74) is 6.47. The average molecular weight is 248 g/mol. The maximum atomic E-state index is 11.7. The minimum Gasteiger partial charge on any atom is -0.368 e. The van der Waals surface area contributed by atoms with E-state index >= 15 is 0 Å². The van der Waals surface area contributed by atoms with Gasteiger partial charge >= 0.3 is 0 Å². The lowest BCUT2D eigenvalue weighted by atomic mass is 10.1. The number of ether oxygens (including phenoxy) is 1. The molecule has 0 aromatic heterocycles. The lowest BCUT2D eigenvalue weighted by Gasteiger charge is -2.18. The number of para-hydroxylation sites is 1. The normalized spacial score (nSPS) is 22.9. The third-order valence-corrected chi connectivity index (χ3v) is 3.38. The Morgan fingerprint density at radius 3 is 2.83 bits per heavy atom. The number of benzene rings is 1. The number of hydrogen-bond donors (Lipinski definition) is 2. The Hall–Kier alpha value is -1.39. The molecule has 4 heteroatoms. The summed E-state index contributed by atoms with van der Waals surface area (Å²) in [7, 11) is 0. The van der Waals surface area contributed by atoms with Crippen molar-refractivity contribution < 1.29 is 9.53 Å². The predicted octanol–water partition coefficient (Wildman–Crippen LogP) is 1.77. The van der Waals surface area contributed by atoms with E-state index in [1.54, 1.807) is 0 Å². The first kappa shape index (κ1) is 13.1. The van der Waals surface area contributed by atoms with Gasteiger partial charge in [0.2, 0.25) is 5.91 Å². The first-order valence-electron chi connectivity index (χ1n) is 6.46. The summed E-state index contributed by atoms with van der Waals surface area (Å²) in [6, 6.07) is 9.40. The number of amides is 1. The van der Waals surface area contributed by atoms with Crippen LogP contribution in [-0.2, 0) is 9.53 Å². The summed E-state index contributed by atoms with van der Waals surface area (Å²) in [6.45, 7) is 0.751. The molecule has 1 aromatic rings. The van der Waals surface area contributed by atoms with E-state index in [1.165, 1.54) is 0 Å². The Bertz CT molecular complexity index is 381. The van der Waals surface area contributed by atoms with E-state index in [9.17, 15) is 4.79 Å². The van der Waals surface area contributed by atoms with Crippen LogP contribution in [0, 0.1) is 5.92 Å². The largest absolute Gasteiger partial charge is 0.368 e. The second-order valence-corrected chi connectivity index (χ2v) is 4.69. The van der Waals surface area contributed by atoms with Gasteiger partial charge in [-0.1, -0.05) is 24.6 Å². The van der Waals surface area contributed by atoms with E-state index in [-0.39, 0.29) is 18.6 Å². The highest BCUT2D eigenvalue weighted by atomic mass is 16.5. The summed E-state index contributed by atoms with van der Waals surface area (Å²) in [5, 5.41) is 2.80. The summed E-state index contributed by atoms with van der Waals surface area (Å²) < 4.78 is 5.65. The van der Waals surface area contributed by atoms with Gasteiger partial charge in [-0.05, 0) is 37.4 Å². The molecule has 1 aromatic carbocycles. The van der Waals surface area contributed by atoms with Crippen LogP contribution in [0.5, 0.6) is 0 Å². The molecule has 0 heterocycles. The van der Waals surface area contributed by atoms with Gasteiger partial charge in [-0.2, -0.15) is 0 Å². The fourth-order valence-electron chi connectivity index (χ4n) is 2.39.